The molecule has 0 aliphatic carbocycles. The fourth-order valence-corrected chi connectivity index (χ4v) is 1.54. The van der Waals surface area contributed by atoms with E-state index in [1.165, 1.54) is 19.3 Å². The van der Waals surface area contributed by atoms with Crippen LogP contribution in [-0.2, 0) is 9.53 Å². The van der Waals surface area contributed by atoms with Gasteiger partial charge in [-0.25, -0.2) is 0 Å². The first-order valence-corrected chi connectivity index (χ1v) is 6.76. The third-order valence-corrected chi connectivity index (χ3v) is 2.53. The molecule has 0 heterocycles. The number of hydrogen-bond acceptors (Lipinski definition) is 2. The van der Waals surface area contributed by atoms with Crippen molar-refractivity contribution in [3.8, 4) is 12.3 Å². The normalized spacial score (nSPS) is 10.2. The smallest absolute Gasteiger partial charge is 0.305 e. The van der Waals surface area contributed by atoms with Crippen LogP contribution in [-0.4, -0.2) is 12.6 Å². The van der Waals surface area contributed by atoms with Crippen molar-refractivity contribution in [2.75, 3.05) is 6.61 Å². The highest BCUT2D eigenvalue weighted by molar-refractivity contribution is 5.69. The fraction of sp³-hybridized carbons (Fsp3) is 0.800. The lowest BCUT2D eigenvalue weighted by molar-refractivity contribution is -0.144. The Morgan fingerprint density at radius 2 is 1.71 bits per heavy atom. The average molecular weight is 238 g/mol. The Balaban J connectivity index is 3.17. The van der Waals surface area contributed by atoms with Crippen LogP contribution in [0.3, 0.4) is 0 Å². The number of ether oxygens (including phenoxy) is 1. The molecule has 0 fully saturated rings. The van der Waals surface area contributed by atoms with Crippen molar-refractivity contribution < 1.29 is 9.53 Å². The summed E-state index contributed by atoms with van der Waals surface area (Å²) in [4.78, 5) is 11.3. The van der Waals surface area contributed by atoms with Gasteiger partial charge in [-0.3, -0.25) is 4.79 Å². The number of terminal acetylenes is 1. The van der Waals surface area contributed by atoms with Gasteiger partial charge in [0.2, 0.25) is 0 Å². The molecule has 0 aromatic rings. The third-order valence-electron chi connectivity index (χ3n) is 2.53. The van der Waals surface area contributed by atoms with Crippen molar-refractivity contribution in [2.24, 2.45) is 5.92 Å². The Kier molecular flexibility index (Phi) is 10.9. The van der Waals surface area contributed by atoms with Crippen LogP contribution in [0, 0.1) is 18.3 Å². The molecule has 0 rings (SSSR count). The van der Waals surface area contributed by atoms with Crippen molar-refractivity contribution >= 4 is 5.97 Å². The molecule has 2 nitrogen and oxygen atoms in total. The Hall–Kier alpha value is -0.970. The Labute approximate surface area is 106 Å². The minimum absolute atomic E-state index is 0.0500. The predicted octanol–water partition coefficient (Wildman–Crippen LogP) is 3.94. The zero-order valence-electron chi connectivity index (χ0n) is 11.3. The Bertz CT molecular complexity index is 226. The Morgan fingerprint density at radius 3 is 2.29 bits per heavy atom. The van der Waals surface area contributed by atoms with Gasteiger partial charge >= 0.3 is 5.97 Å². The average Bonchev–Trinajstić information content (AvgIpc) is 2.30. The highest BCUT2D eigenvalue weighted by Gasteiger charge is 2.03. The molecule has 0 N–H and O–H groups in total. The summed E-state index contributed by atoms with van der Waals surface area (Å²) >= 11 is 0. The van der Waals surface area contributed by atoms with Gasteiger partial charge in [0.1, 0.15) is 0 Å². The zero-order chi connectivity index (χ0) is 12.9. The molecule has 0 saturated heterocycles. The van der Waals surface area contributed by atoms with E-state index in [4.69, 9.17) is 11.2 Å². The predicted molar refractivity (Wildman–Crippen MR) is 71.6 cm³/mol. The van der Waals surface area contributed by atoms with E-state index in [2.05, 4.69) is 5.92 Å². The van der Waals surface area contributed by atoms with Gasteiger partial charge < -0.3 is 4.74 Å². The topological polar surface area (TPSA) is 26.3 Å². The second-order valence-corrected chi connectivity index (χ2v) is 4.90. The van der Waals surface area contributed by atoms with E-state index in [0.29, 0.717) is 18.9 Å². The largest absolute Gasteiger partial charge is 0.465 e. The number of carbonyl (C=O) groups excluding carboxylic acids is 1. The lowest BCUT2D eigenvalue weighted by atomic mass is 10.1. The SMILES string of the molecule is C#CCCCCCCCCC(=O)OCC(C)C. The lowest BCUT2D eigenvalue weighted by Crippen LogP contribution is -2.09. The molecular weight excluding hydrogens is 212 g/mol. The number of carbonyl (C=O) groups is 1. The van der Waals surface area contributed by atoms with Crippen LogP contribution in [0.4, 0.5) is 0 Å². The van der Waals surface area contributed by atoms with E-state index in [0.717, 1.165) is 25.7 Å². The second-order valence-electron chi connectivity index (χ2n) is 4.90. The second kappa shape index (κ2) is 11.5. The molecule has 0 atom stereocenters. The summed E-state index contributed by atoms with van der Waals surface area (Å²) in [6.45, 7) is 4.64. The van der Waals surface area contributed by atoms with E-state index in [9.17, 15) is 4.79 Å². The molecule has 98 valence electrons. The number of esters is 1. The van der Waals surface area contributed by atoms with Crippen LogP contribution in [0.15, 0.2) is 0 Å². The van der Waals surface area contributed by atoms with Gasteiger partial charge in [0.15, 0.2) is 0 Å². The van der Waals surface area contributed by atoms with Gasteiger partial charge in [0.25, 0.3) is 0 Å². The fourth-order valence-electron chi connectivity index (χ4n) is 1.54. The van der Waals surface area contributed by atoms with Crippen LogP contribution < -0.4 is 0 Å². The number of hydrogen-bond donors (Lipinski definition) is 0. The molecule has 0 aliphatic heterocycles. The maximum absolute atomic E-state index is 11.3. The van der Waals surface area contributed by atoms with Crippen LogP contribution in [0.2, 0.25) is 0 Å². The quantitative estimate of drug-likeness (QED) is 0.327. The molecule has 0 aromatic heterocycles. The molecule has 0 aromatic carbocycles. The molecule has 0 saturated carbocycles. The molecule has 0 spiro atoms. The number of rotatable bonds is 10. The van der Waals surface area contributed by atoms with E-state index in [1.54, 1.807) is 0 Å². The van der Waals surface area contributed by atoms with Gasteiger partial charge in [-0.2, -0.15) is 0 Å². The lowest BCUT2D eigenvalue weighted by Gasteiger charge is -2.06. The van der Waals surface area contributed by atoms with Crippen molar-refractivity contribution in [2.45, 2.75) is 65.2 Å². The van der Waals surface area contributed by atoms with Gasteiger partial charge in [0, 0.05) is 12.8 Å². The maximum atomic E-state index is 11.3. The summed E-state index contributed by atoms with van der Waals surface area (Å²) in [5.74, 6) is 3.02. The molecular formula is C15H26O2. The van der Waals surface area contributed by atoms with Crippen molar-refractivity contribution in [3.05, 3.63) is 0 Å². The van der Waals surface area contributed by atoms with Gasteiger partial charge in [-0.1, -0.05) is 39.5 Å². The molecule has 17 heavy (non-hydrogen) atoms. The molecule has 2 heteroatoms. The van der Waals surface area contributed by atoms with Crippen LogP contribution >= 0.6 is 0 Å². The van der Waals surface area contributed by atoms with Crippen molar-refractivity contribution in [1.29, 1.82) is 0 Å². The van der Waals surface area contributed by atoms with Gasteiger partial charge in [0.05, 0.1) is 6.61 Å². The van der Waals surface area contributed by atoms with Crippen molar-refractivity contribution in [3.63, 3.8) is 0 Å². The van der Waals surface area contributed by atoms with Crippen molar-refractivity contribution in [1.82, 2.24) is 0 Å². The highest BCUT2D eigenvalue weighted by Crippen LogP contribution is 2.09. The summed E-state index contributed by atoms with van der Waals surface area (Å²) in [6, 6.07) is 0. The Morgan fingerprint density at radius 1 is 1.12 bits per heavy atom. The first kappa shape index (κ1) is 16.0. The standard InChI is InChI=1S/C15H26O2/c1-4-5-6-7-8-9-10-11-12-15(16)17-13-14(2)3/h1,14H,5-13H2,2-3H3. The maximum Gasteiger partial charge on any atom is 0.305 e. The summed E-state index contributed by atoms with van der Waals surface area (Å²) in [7, 11) is 0. The molecule has 0 aliphatic rings. The summed E-state index contributed by atoms with van der Waals surface area (Å²) < 4.78 is 5.10. The monoisotopic (exact) mass is 238 g/mol. The van der Waals surface area contributed by atoms with Crippen LogP contribution in [0.1, 0.15) is 65.2 Å². The minimum Gasteiger partial charge on any atom is -0.465 e. The van der Waals surface area contributed by atoms with E-state index in [1.807, 2.05) is 13.8 Å². The minimum atomic E-state index is -0.0500. The summed E-state index contributed by atoms with van der Waals surface area (Å²) in [5, 5.41) is 0. The van der Waals surface area contributed by atoms with Gasteiger partial charge in [-0.05, 0) is 18.8 Å². The van der Waals surface area contributed by atoms with Crippen LogP contribution in [0.25, 0.3) is 0 Å². The van der Waals surface area contributed by atoms with Crippen LogP contribution in [0.5, 0.6) is 0 Å². The molecule has 0 bridgehead atoms. The third kappa shape index (κ3) is 13.0. The first-order chi connectivity index (χ1) is 8.16. The zero-order valence-corrected chi connectivity index (χ0v) is 11.3. The molecule has 0 unspecified atom stereocenters. The van der Waals surface area contributed by atoms with E-state index < -0.39 is 0 Å². The van der Waals surface area contributed by atoms with E-state index >= 15 is 0 Å². The summed E-state index contributed by atoms with van der Waals surface area (Å²) in [5.41, 5.74) is 0. The molecule has 0 radical (unpaired) electrons. The summed E-state index contributed by atoms with van der Waals surface area (Å²) in [6.07, 6.45) is 13.5. The van der Waals surface area contributed by atoms with Gasteiger partial charge in [-0.15, -0.1) is 12.3 Å². The first-order valence-electron chi connectivity index (χ1n) is 6.76. The van der Waals surface area contributed by atoms with E-state index in [-0.39, 0.29) is 5.97 Å². The number of unbranched alkanes of at least 4 members (excludes halogenated alkanes) is 6. The molecule has 0 amide bonds. The highest BCUT2D eigenvalue weighted by atomic mass is 16.5.